The summed E-state index contributed by atoms with van der Waals surface area (Å²) in [6.45, 7) is 2.00. The number of fused-ring (bicyclic) bond motifs is 5. The van der Waals surface area contributed by atoms with E-state index in [0.29, 0.717) is 5.69 Å². The lowest BCUT2D eigenvalue weighted by Gasteiger charge is -2.19. The third-order valence-electron chi connectivity index (χ3n) is 6.15. The standard InChI is InChI=1S/C23H21NO3/c1-14(15-5-3-2-4-6-15)27-19-11-9-18(10-12-19)24-22(25)20-16-7-8-17(13-16)21(20)23(24)26/h2-12,14,16-17,20-21H,13H2,1H3/t14-,16-,17+,20-,21-/m0/s1. The maximum Gasteiger partial charge on any atom is 0.238 e. The lowest BCUT2D eigenvalue weighted by atomic mass is 9.85. The molecule has 2 amide bonds. The van der Waals surface area contributed by atoms with Gasteiger partial charge in [-0.15, -0.1) is 0 Å². The summed E-state index contributed by atoms with van der Waals surface area (Å²) in [4.78, 5) is 27.1. The Bertz CT molecular complexity index is 888. The summed E-state index contributed by atoms with van der Waals surface area (Å²) in [6, 6.07) is 17.3. The van der Waals surface area contributed by atoms with Crippen molar-refractivity contribution in [1.29, 1.82) is 0 Å². The topological polar surface area (TPSA) is 46.6 Å². The predicted octanol–water partition coefficient (Wildman–Crippen LogP) is 4.14. The molecule has 2 aromatic rings. The Balaban J connectivity index is 1.34. The van der Waals surface area contributed by atoms with Crippen molar-refractivity contribution < 1.29 is 14.3 Å². The number of allylic oxidation sites excluding steroid dienone is 2. The number of rotatable bonds is 4. The Morgan fingerprint density at radius 2 is 1.48 bits per heavy atom. The van der Waals surface area contributed by atoms with E-state index in [1.165, 1.54) is 4.90 Å². The van der Waals surface area contributed by atoms with Gasteiger partial charge in [-0.25, -0.2) is 0 Å². The van der Waals surface area contributed by atoms with Gasteiger partial charge in [-0.2, -0.15) is 0 Å². The van der Waals surface area contributed by atoms with Crippen LogP contribution in [0.3, 0.4) is 0 Å². The molecular weight excluding hydrogens is 338 g/mol. The molecule has 4 heteroatoms. The van der Waals surface area contributed by atoms with Gasteiger partial charge in [0, 0.05) is 0 Å². The number of hydrogen-bond donors (Lipinski definition) is 0. The number of ether oxygens (including phenoxy) is 1. The Kier molecular flexibility index (Phi) is 3.67. The molecular formula is C23H21NO3. The van der Waals surface area contributed by atoms with Crippen LogP contribution < -0.4 is 9.64 Å². The first-order valence-electron chi connectivity index (χ1n) is 9.51. The quantitative estimate of drug-likeness (QED) is 0.609. The van der Waals surface area contributed by atoms with Crippen LogP contribution in [0.25, 0.3) is 0 Å². The first-order valence-corrected chi connectivity index (χ1v) is 9.51. The zero-order valence-corrected chi connectivity index (χ0v) is 15.1. The molecule has 4 nitrogen and oxygen atoms in total. The van der Waals surface area contributed by atoms with Crippen LogP contribution in [0.5, 0.6) is 5.75 Å². The van der Waals surface area contributed by atoms with Gasteiger partial charge in [0.2, 0.25) is 11.8 Å². The molecule has 136 valence electrons. The van der Waals surface area contributed by atoms with Crippen LogP contribution in [0.1, 0.15) is 25.0 Å². The molecule has 0 spiro atoms. The monoisotopic (exact) mass is 359 g/mol. The molecule has 2 aliphatic carbocycles. The fourth-order valence-electron chi connectivity index (χ4n) is 4.83. The molecule has 1 heterocycles. The summed E-state index contributed by atoms with van der Waals surface area (Å²) in [5, 5.41) is 0. The zero-order valence-electron chi connectivity index (χ0n) is 15.1. The second-order valence-electron chi connectivity index (χ2n) is 7.68. The molecule has 27 heavy (non-hydrogen) atoms. The zero-order chi connectivity index (χ0) is 18.5. The summed E-state index contributed by atoms with van der Waals surface area (Å²) in [5.74, 6) is 0.757. The normalized spacial score (nSPS) is 29.3. The maximum absolute atomic E-state index is 12.9. The number of carbonyl (C=O) groups is 2. The van der Waals surface area contributed by atoms with E-state index < -0.39 is 0 Å². The van der Waals surface area contributed by atoms with Crippen molar-refractivity contribution in [2.24, 2.45) is 23.7 Å². The second-order valence-corrected chi connectivity index (χ2v) is 7.68. The Morgan fingerprint density at radius 3 is 2.07 bits per heavy atom. The molecule has 0 N–H and O–H groups in total. The van der Waals surface area contributed by atoms with Crippen LogP contribution >= 0.6 is 0 Å². The molecule has 5 atom stereocenters. The number of imide groups is 1. The van der Waals surface area contributed by atoms with Crippen LogP contribution in [0.2, 0.25) is 0 Å². The van der Waals surface area contributed by atoms with Crippen LogP contribution in [-0.2, 0) is 9.59 Å². The minimum Gasteiger partial charge on any atom is -0.486 e. The highest BCUT2D eigenvalue weighted by atomic mass is 16.5. The van der Waals surface area contributed by atoms with Crippen LogP contribution in [-0.4, -0.2) is 11.8 Å². The molecule has 1 saturated carbocycles. The van der Waals surface area contributed by atoms with Gasteiger partial charge < -0.3 is 4.74 Å². The van der Waals surface area contributed by atoms with E-state index in [9.17, 15) is 9.59 Å². The highest BCUT2D eigenvalue weighted by Crippen LogP contribution is 2.53. The van der Waals surface area contributed by atoms with E-state index in [-0.39, 0.29) is 41.6 Å². The first-order chi connectivity index (χ1) is 13.1. The molecule has 0 aromatic heterocycles. The van der Waals surface area contributed by atoms with Crippen molar-refractivity contribution in [2.75, 3.05) is 4.90 Å². The van der Waals surface area contributed by atoms with E-state index >= 15 is 0 Å². The van der Waals surface area contributed by atoms with Gasteiger partial charge in [0.15, 0.2) is 0 Å². The third kappa shape index (κ3) is 2.51. The predicted molar refractivity (Wildman–Crippen MR) is 102 cm³/mol. The third-order valence-corrected chi connectivity index (χ3v) is 6.15. The average Bonchev–Trinajstić information content (AvgIpc) is 3.37. The number of benzene rings is 2. The minimum atomic E-state index is -0.165. The Hall–Kier alpha value is -2.88. The Labute approximate surface area is 158 Å². The highest BCUT2D eigenvalue weighted by Gasteiger charge is 2.59. The van der Waals surface area contributed by atoms with Gasteiger partial charge >= 0.3 is 0 Å². The fraction of sp³-hybridized carbons (Fsp3) is 0.304. The maximum atomic E-state index is 12.9. The molecule has 1 aliphatic heterocycles. The summed E-state index contributed by atoms with van der Waals surface area (Å²) in [7, 11) is 0. The number of amides is 2. The SMILES string of the molecule is C[C@H](Oc1ccc(N2C(=O)[C@@H]3[C@@H](C2=O)[C@H]2C=C[C@@H]3C2)cc1)c1ccccc1. The molecule has 0 unspecified atom stereocenters. The van der Waals surface area contributed by atoms with Crippen molar-refractivity contribution in [1.82, 2.24) is 0 Å². The summed E-state index contributed by atoms with van der Waals surface area (Å²) in [6.07, 6.45) is 5.10. The van der Waals surface area contributed by atoms with Crippen LogP contribution in [0.4, 0.5) is 5.69 Å². The average molecular weight is 359 g/mol. The van der Waals surface area contributed by atoms with Crippen LogP contribution in [0.15, 0.2) is 66.7 Å². The number of carbonyl (C=O) groups excluding carboxylic acids is 2. The first kappa shape index (κ1) is 16.3. The lowest BCUT2D eigenvalue weighted by molar-refractivity contribution is -0.123. The molecule has 2 aromatic carbocycles. The fourth-order valence-corrected chi connectivity index (χ4v) is 4.83. The van der Waals surface area contributed by atoms with E-state index in [1.807, 2.05) is 49.4 Å². The van der Waals surface area contributed by atoms with E-state index in [1.54, 1.807) is 12.1 Å². The number of nitrogens with zero attached hydrogens (tertiary/aromatic N) is 1. The molecule has 1 saturated heterocycles. The summed E-state index contributed by atoms with van der Waals surface area (Å²) < 4.78 is 5.99. The summed E-state index contributed by atoms with van der Waals surface area (Å²) >= 11 is 0. The van der Waals surface area contributed by atoms with E-state index in [4.69, 9.17) is 4.74 Å². The molecule has 2 bridgehead atoms. The minimum absolute atomic E-state index is 0.0480. The van der Waals surface area contributed by atoms with Gasteiger partial charge in [0.1, 0.15) is 11.9 Å². The highest BCUT2D eigenvalue weighted by molar-refractivity contribution is 6.22. The molecule has 5 rings (SSSR count). The lowest BCUT2D eigenvalue weighted by Crippen LogP contribution is -2.32. The van der Waals surface area contributed by atoms with Gasteiger partial charge in [-0.05, 0) is 55.0 Å². The van der Waals surface area contributed by atoms with E-state index in [0.717, 1.165) is 17.7 Å². The van der Waals surface area contributed by atoms with Crippen molar-refractivity contribution in [3.8, 4) is 5.75 Å². The molecule has 0 radical (unpaired) electrons. The second kappa shape index (κ2) is 6.08. The van der Waals surface area contributed by atoms with Crippen molar-refractivity contribution in [2.45, 2.75) is 19.4 Å². The van der Waals surface area contributed by atoms with Gasteiger partial charge in [-0.1, -0.05) is 42.5 Å². The largest absolute Gasteiger partial charge is 0.486 e. The smallest absolute Gasteiger partial charge is 0.238 e. The summed E-state index contributed by atoms with van der Waals surface area (Å²) in [5.41, 5.74) is 1.74. The Morgan fingerprint density at radius 1 is 0.889 bits per heavy atom. The number of anilines is 1. The van der Waals surface area contributed by atoms with Crippen molar-refractivity contribution in [3.63, 3.8) is 0 Å². The molecule has 2 fully saturated rings. The van der Waals surface area contributed by atoms with Crippen LogP contribution in [0, 0.1) is 23.7 Å². The van der Waals surface area contributed by atoms with Gasteiger partial charge in [0.05, 0.1) is 17.5 Å². The van der Waals surface area contributed by atoms with E-state index in [2.05, 4.69) is 12.2 Å². The molecule has 3 aliphatic rings. The van der Waals surface area contributed by atoms with Gasteiger partial charge in [0.25, 0.3) is 0 Å². The number of hydrogen-bond acceptors (Lipinski definition) is 3. The van der Waals surface area contributed by atoms with Crippen molar-refractivity contribution >= 4 is 17.5 Å². The van der Waals surface area contributed by atoms with Gasteiger partial charge in [-0.3, -0.25) is 14.5 Å². The van der Waals surface area contributed by atoms with Crippen molar-refractivity contribution in [3.05, 3.63) is 72.3 Å².